The van der Waals surface area contributed by atoms with Gasteiger partial charge in [0.2, 0.25) is 0 Å². The molecule has 0 aromatic heterocycles. The highest BCUT2D eigenvalue weighted by atomic mass is 19.1. The molecule has 0 atom stereocenters. The molecule has 22 heavy (non-hydrogen) atoms. The Balaban J connectivity index is 1.75. The molecule has 0 unspecified atom stereocenters. The number of rotatable bonds is 7. The maximum Gasteiger partial charge on any atom is 0.257 e. The minimum Gasteiger partial charge on any atom is -0.493 e. The molecule has 0 spiro atoms. The standard InChI is InChI=1S/C17H18FNO3/c1-21-15-8-4-5-9-16(15)22-12-17(20)19-11-10-13-6-2-3-7-14(13)18/h2-9H,10-12H2,1H3,(H,19,20). The predicted octanol–water partition coefficient (Wildman–Crippen LogP) is 2.57. The molecule has 4 nitrogen and oxygen atoms in total. The Hall–Kier alpha value is -2.56. The molecular weight excluding hydrogens is 285 g/mol. The minimum atomic E-state index is -0.262. The zero-order valence-corrected chi connectivity index (χ0v) is 12.3. The van der Waals surface area contributed by atoms with Crippen LogP contribution in [-0.2, 0) is 11.2 Å². The third-order valence-corrected chi connectivity index (χ3v) is 3.10. The molecule has 0 radical (unpaired) electrons. The molecule has 2 aromatic carbocycles. The first-order valence-corrected chi connectivity index (χ1v) is 6.96. The number of hydrogen-bond donors (Lipinski definition) is 1. The van der Waals surface area contributed by atoms with Gasteiger partial charge >= 0.3 is 0 Å². The molecule has 0 saturated heterocycles. The van der Waals surface area contributed by atoms with Gasteiger partial charge in [0, 0.05) is 6.54 Å². The number of benzene rings is 2. The summed E-state index contributed by atoms with van der Waals surface area (Å²) in [6.45, 7) is 0.243. The first kappa shape index (κ1) is 15.8. The van der Waals surface area contributed by atoms with E-state index in [9.17, 15) is 9.18 Å². The number of hydrogen-bond acceptors (Lipinski definition) is 3. The smallest absolute Gasteiger partial charge is 0.257 e. The van der Waals surface area contributed by atoms with Gasteiger partial charge in [-0.15, -0.1) is 0 Å². The summed E-state index contributed by atoms with van der Waals surface area (Å²) in [5.74, 6) is 0.556. The SMILES string of the molecule is COc1ccccc1OCC(=O)NCCc1ccccc1F. The highest BCUT2D eigenvalue weighted by Gasteiger charge is 2.07. The second-order valence-corrected chi connectivity index (χ2v) is 4.63. The number of carbonyl (C=O) groups is 1. The molecule has 116 valence electrons. The zero-order chi connectivity index (χ0) is 15.8. The van der Waals surface area contributed by atoms with Crippen molar-refractivity contribution in [3.8, 4) is 11.5 Å². The maximum atomic E-state index is 13.4. The van der Waals surface area contributed by atoms with Gasteiger partial charge in [0.1, 0.15) is 5.82 Å². The fraction of sp³-hybridized carbons (Fsp3) is 0.235. The van der Waals surface area contributed by atoms with E-state index >= 15 is 0 Å². The lowest BCUT2D eigenvalue weighted by atomic mass is 10.1. The number of para-hydroxylation sites is 2. The van der Waals surface area contributed by atoms with Crippen LogP contribution in [0.5, 0.6) is 11.5 Å². The highest BCUT2D eigenvalue weighted by molar-refractivity contribution is 5.77. The van der Waals surface area contributed by atoms with E-state index < -0.39 is 0 Å². The topological polar surface area (TPSA) is 47.6 Å². The Bertz CT molecular complexity index is 631. The van der Waals surface area contributed by atoms with Crippen molar-refractivity contribution in [1.82, 2.24) is 5.32 Å². The Kier molecular flexibility index (Phi) is 5.77. The molecule has 0 aliphatic rings. The zero-order valence-electron chi connectivity index (χ0n) is 12.3. The molecule has 0 heterocycles. The van der Waals surface area contributed by atoms with Crippen LogP contribution in [0, 0.1) is 5.82 Å². The van der Waals surface area contributed by atoms with Gasteiger partial charge in [-0.25, -0.2) is 4.39 Å². The first-order valence-electron chi connectivity index (χ1n) is 6.96. The summed E-state index contributed by atoms with van der Waals surface area (Å²) < 4.78 is 24.0. The molecule has 0 fully saturated rings. The van der Waals surface area contributed by atoms with Gasteiger partial charge in [-0.3, -0.25) is 4.79 Å². The van der Waals surface area contributed by atoms with E-state index in [0.29, 0.717) is 30.0 Å². The molecular formula is C17H18FNO3. The third kappa shape index (κ3) is 4.48. The van der Waals surface area contributed by atoms with Crippen LogP contribution in [0.15, 0.2) is 48.5 Å². The molecule has 5 heteroatoms. The van der Waals surface area contributed by atoms with E-state index in [1.807, 2.05) is 6.07 Å². The number of ether oxygens (including phenoxy) is 2. The van der Waals surface area contributed by atoms with Crippen molar-refractivity contribution in [3.63, 3.8) is 0 Å². The average Bonchev–Trinajstić information content (AvgIpc) is 2.55. The largest absolute Gasteiger partial charge is 0.493 e. The van der Waals surface area contributed by atoms with Crippen molar-refractivity contribution < 1.29 is 18.7 Å². The van der Waals surface area contributed by atoms with Crippen molar-refractivity contribution in [2.45, 2.75) is 6.42 Å². The Morgan fingerprint density at radius 2 is 1.77 bits per heavy atom. The van der Waals surface area contributed by atoms with Gasteiger partial charge < -0.3 is 14.8 Å². The quantitative estimate of drug-likeness (QED) is 0.855. The van der Waals surface area contributed by atoms with E-state index in [1.54, 1.807) is 36.4 Å². The lowest BCUT2D eigenvalue weighted by molar-refractivity contribution is -0.123. The summed E-state index contributed by atoms with van der Waals surface area (Å²) in [5.41, 5.74) is 0.577. The summed E-state index contributed by atoms with van der Waals surface area (Å²) in [4.78, 5) is 11.7. The van der Waals surface area contributed by atoms with Crippen LogP contribution in [0.2, 0.25) is 0 Å². The van der Waals surface area contributed by atoms with Crippen LogP contribution in [0.4, 0.5) is 4.39 Å². The second kappa shape index (κ2) is 8.02. The van der Waals surface area contributed by atoms with Gasteiger partial charge in [-0.05, 0) is 30.2 Å². The molecule has 2 aromatic rings. The molecule has 1 amide bonds. The van der Waals surface area contributed by atoms with Gasteiger partial charge in [0.15, 0.2) is 18.1 Å². The molecule has 2 rings (SSSR count). The van der Waals surface area contributed by atoms with Gasteiger partial charge in [0.05, 0.1) is 7.11 Å². The number of methoxy groups -OCH3 is 1. The molecule has 0 aliphatic heterocycles. The fourth-order valence-corrected chi connectivity index (χ4v) is 1.97. The summed E-state index contributed by atoms with van der Waals surface area (Å²) in [7, 11) is 1.54. The molecule has 0 saturated carbocycles. The summed E-state index contributed by atoms with van der Waals surface area (Å²) in [6.07, 6.45) is 0.438. The monoisotopic (exact) mass is 303 g/mol. The average molecular weight is 303 g/mol. The van der Waals surface area contributed by atoms with Crippen LogP contribution in [0.25, 0.3) is 0 Å². The van der Waals surface area contributed by atoms with Crippen molar-refractivity contribution >= 4 is 5.91 Å². The van der Waals surface area contributed by atoms with E-state index in [1.165, 1.54) is 13.2 Å². The Morgan fingerprint density at radius 3 is 2.50 bits per heavy atom. The number of amides is 1. The molecule has 0 bridgehead atoms. The van der Waals surface area contributed by atoms with Crippen LogP contribution in [0.1, 0.15) is 5.56 Å². The molecule has 1 N–H and O–H groups in total. The van der Waals surface area contributed by atoms with Gasteiger partial charge in [-0.2, -0.15) is 0 Å². The van der Waals surface area contributed by atoms with E-state index in [0.717, 1.165) is 0 Å². The van der Waals surface area contributed by atoms with Crippen LogP contribution in [-0.4, -0.2) is 26.2 Å². The van der Waals surface area contributed by atoms with Crippen molar-refractivity contribution in [2.75, 3.05) is 20.3 Å². The Labute approximate surface area is 128 Å². The number of nitrogens with one attached hydrogen (secondary N) is 1. The van der Waals surface area contributed by atoms with Crippen LogP contribution in [0.3, 0.4) is 0 Å². The van der Waals surface area contributed by atoms with Crippen LogP contribution < -0.4 is 14.8 Å². The lowest BCUT2D eigenvalue weighted by Gasteiger charge is -2.10. The second-order valence-electron chi connectivity index (χ2n) is 4.63. The Morgan fingerprint density at radius 1 is 1.09 bits per heavy atom. The van der Waals surface area contributed by atoms with E-state index in [4.69, 9.17) is 9.47 Å². The highest BCUT2D eigenvalue weighted by Crippen LogP contribution is 2.25. The fourth-order valence-electron chi connectivity index (χ4n) is 1.97. The minimum absolute atomic E-state index is 0.113. The molecule has 0 aliphatic carbocycles. The normalized spacial score (nSPS) is 10.1. The van der Waals surface area contributed by atoms with Crippen molar-refractivity contribution in [1.29, 1.82) is 0 Å². The maximum absolute atomic E-state index is 13.4. The first-order chi connectivity index (χ1) is 10.7. The van der Waals surface area contributed by atoms with E-state index in [2.05, 4.69) is 5.32 Å². The summed E-state index contributed by atoms with van der Waals surface area (Å²) in [6, 6.07) is 13.6. The van der Waals surface area contributed by atoms with E-state index in [-0.39, 0.29) is 18.3 Å². The van der Waals surface area contributed by atoms with Crippen LogP contribution >= 0.6 is 0 Å². The van der Waals surface area contributed by atoms with Gasteiger partial charge in [-0.1, -0.05) is 30.3 Å². The predicted molar refractivity (Wildman–Crippen MR) is 81.6 cm³/mol. The van der Waals surface area contributed by atoms with Gasteiger partial charge in [0.25, 0.3) is 5.91 Å². The third-order valence-electron chi connectivity index (χ3n) is 3.10. The summed E-state index contributed by atoms with van der Waals surface area (Å²) >= 11 is 0. The number of halogens is 1. The lowest BCUT2D eigenvalue weighted by Crippen LogP contribution is -2.30. The van der Waals surface area contributed by atoms with Crippen molar-refractivity contribution in [2.24, 2.45) is 0 Å². The van der Waals surface area contributed by atoms with Crippen molar-refractivity contribution in [3.05, 3.63) is 59.9 Å². The number of carbonyl (C=O) groups excluding carboxylic acids is 1. The summed E-state index contributed by atoms with van der Waals surface area (Å²) in [5, 5.41) is 2.69.